The molecule has 0 bridgehead atoms. The summed E-state index contributed by atoms with van der Waals surface area (Å²) in [6.07, 6.45) is 0.0862. The number of aromatic nitrogens is 3. The second-order valence-electron chi connectivity index (χ2n) is 6.68. The molecule has 0 spiro atoms. The van der Waals surface area contributed by atoms with Gasteiger partial charge in [-0.05, 0) is 25.5 Å². The van der Waals surface area contributed by atoms with Gasteiger partial charge in [-0.15, -0.1) is 10.2 Å². The first-order valence-corrected chi connectivity index (χ1v) is 9.94. The predicted molar refractivity (Wildman–Crippen MR) is 112 cm³/mol. The number of nitro benzene ring substituents is 1. The second-order valence-corrected chi connectivity index (χ2v) is 7.62. The van der Waals surface area contributed by atoms with E-state index in [4.69, 9.17) is 0 Å². The quantitative estimate of drug-likeness (QED) is 0.360. The third kappa shape index (κ3) is 5.00. The molecule has 1 N–H and O–H groups in total. The Morgan fingerprint density at radius 3 is 2.69 bits per heavy atom. The van der Waals surface area contributed by atoms with Gasteiger partial charge in [-0.3, -0.25) is 14.9 Å². The van der Waals surface area contributed by atoms with E-state index in [0.29, 0.717) is 22.3 Å². The first-order valence-electron chi connectivity index (χ1n) is 8.95. The fourth-order valence-electron chi connectivity index (χ4n) is 2.87. The zero-order chi connectivity index (χ0) is 21.0. The van der Waals surface area contributed by atoms with E-state index < -0.39 is 4.92 Å². The molecular weight excluding hydrogens is 390 g/mol. The molecule has 1 heterocycles. The first kappa shape index (κ1) is 20.5. The Morgan fingerprint density at radius 2 is 1.97 bits per heavy atom. The van der Waals surface area contributed by atoms with Crippen LogP contribution in [0, 0.1) is 24.0 Å². The summed E-state index contributed by atoms with van der Waals surface area (Å²) in [5.41, 5.74) is 3.59. The molecule has 0 aliphatic rings. The summed E-state index contributed by atoms with van der Waals surface area (Å²) >= 11 is 1.34. The molecule has 0 atom stereocenters. The van der Waals surface area contributed by atoms with Gasteiger partial charge >= 0.3 is 0 Å². The number of nitro groups is 1. The average Bonchev–Trinajstić information content (AvgIpc) is 3.02. The average molecular weight is 411 g/mol. The van der Waals surface area contributed by atoms with Crippen LogP contribution in [-0.2, 0) is 24.0 Å². The zero-order valence-corrected chi connectivity index (χ0v) is 17.2. The van der Waals surface area contributed by atoms with E-state index in [1.54, 1.807) is 29.8 Å². The Labute approximate surface area is 172 Å². The maximum Gasteiger partial charge on any atom is 0.273 e. The van der Waals surface area contributed by atoms with Crippen molar-refractivity contribution in [1.82, 2.24) is 14.8 Å². The highest BCUT2D eigenvalue weighted by atomic mass is 32.2. The number of thioether (sulfide) groups is 1. The van der Waals surface area contributed by atoms with Gasteiger partial charge in [0.05, 0.1) is 11.3 Å². The minimum Gasteiger partial charge on any atom is -0.325 e. The van der Waals surface area contributed by atoms with Gasteiger partial charge in [0.15, 0.2) is 5.16 Å². The van der Waals surface area contributed by atoms with Gasteiger partial charge in [-0.25, -0.2) is 0 Å². The van der Waals surface area contributed by atoms with Gasteiger partial charge in [0, 0.05) is 30.1 Å². The first-order chi connectivity index (χ1) is 13.8. The molecular formula is C20H21N5O3S. The molecule has 0 aliphatic carbocycles. The Balaban J connectivity index is 1.65. The normalized spacial score (nSPS) is 10.7. The van der Waals surface area contributed by atoms with E-state index in [9.17, 15) is 14.9 Å². The third-order valence-corrected chi connectivity index (χ3v) is 5.51. The lowest BCUT2D eigenvalue weighted by Gasteiger charge is -2.09. The van der Waals surface area contributed by atoms with Crippen molar-refractivity contribution in [2.45, 2.75) is 31.2 Å². The Bertz CT molecular complexity index is 1060. The van der Waals surface area contributed by atoms with Crippen LogP contribution >= 0.6 is 11.8 Å². The van der Waals surface area contributed by atoms with Gasteiger partial charge in [-0.2, -0.15) is 0 Å². The van der Waals surface area contributed by atoms with Crippen LogP contribution < -0.4 is 5.32 Å². The SMILES string of the molecule is Cc1ccc(NC(=O)Cc2nnc(SCc3ccccc3[N+](=O)[O-])n2C)c(C)c1. The molecule has 29 heavy (non-hydrogen) atoms. The highest BCUT2D eigenvalue weighted by Gasteiger charge is 2.17. The Kier molecular flexibility index (Phi) is 6.28. The second kappa shape index (κ2) is 8.87. The summed E-state index contributed by atoms with van der Waals surface area (Å²) in [4.78, 5) is 23.1. The number of rotatable bonds is 7. The van der Waals surface area contributed by atoms with Gasteiger partial charge in [0.1, 0.15) is 5.82 Å². The van der Waals surface area contributed by atoms with Gasteiger partial charge in [0.2, 0.25) is 5.91 Å². The monoisotopic (exact) mass is 411 g/mol. The van der Waals surface area contributed by atoms with Crippen LogP contribution in [0.3, 0.4) is 0 Å². The lowest BCUT2D eigenvalue weighted by molar-refractivity contribution is -0.385. The molecule has 3 aromatic rings. The summed E-state index contributed by atoms with van der Waals surface area (Å²) in [7, 11) is 1.78. The van der Waals surface area contributed by atoms with Gasteiger partial charge in [0.25, 0.3) is 5.69 Å². The zero-order valence-electron chi connectivity index (χ0n) is 16.4. The number of nitrogens with one attached hydrogen (secondary N) is 1. The molecule has 0 saturated heterocycles. The van der Waals surface area contributed by atoms with E-state index >= 15 is 0 Å². The van der Waals surface area contributed by atoms with E-state index in [1.807, 2.05) is 32.0 Å². The number of aryl methyl sites for hydroxylation is 2. The van der Waals surface area contributed by atoms with Crippen molar-refractivity contribution in [3.05, 3.63) is 75.1 Å². The molecule has 0 radical (unpaired) electrons. The van der Waals surface area contributed by atoms with Crippen LogP contribution in [-0.4, -0.2) is 25.6 Å². The van der Waals surface area contributed by atoms with E-state index in [0.717, 1.165) is 16.8 Å². The van der Waals surface area contributed by atoms with Crippen molar-refractivity contribution in [3.63, 3.8) is 0 Å². The molecule has 9 heteroatoms. The fraction of sp³-hybridized carbons (Fsp3) is 0.250. The predicted octanol–water partition coefficient (Wildman–Crippen LogP) is 3.81. The van der Waals surface area contributed by atoms with E-state index in [1.165, 1.54) is 17.8 Å². The summed E-state index contributed by atoms with van der Waals surface area (Å²) in [6, 6.07) is 12.4. The Morgan fingerprint density at radius 1 is 1.21 bits per heavy atom. The number of hydrogen-bond donors (Lipinski definition) is 1. The summed E-state index contributed by atoms with van der Waals surface area (Å²) in [5.74, 6) is 0.734. The number of amides is 1. The van der Waals surface area contributed by atoms with Crippen LogP contribution in [0.5, 0.6) is 0 Å². The maximum atomic E-state index is 12.4. The molecule has 1 aromatic heterocycles. The van der Waals surface area contributed by atoms with Crippen LogP contribution in [0.4, 0.5) is 11.4 Å². The van der Waals surface area contributed by atoms with E-state index in [2.05, 4.69) is 15.5 Å². The number of carbonyl (C=O) groups excluding carboxylic acids is 1. The number of carbonyl (C=O) groups is 1. The van der Waals surface area contributed by atoms with Crippen molar-refractivity contribution in [2.24, 2.45) is 7.05 Å². The third-order valence-electron chi connectivity index (χ3n) is 4.44. The van der Waals surface area contributed by atoms with Crippen molar-refractivity contribution in [3.8, 4) is 0 Å². The number of hydrogen-bond acceptors (Lipinski definition) is 6. The number of para-hydroxylation sites is 1. The van der Waals surface area contributed by atoms with Crippen LogP contribution in [0.1, 0.15) is 22.5 Å². The standard InChI is InChI=1S/C20H21N5O3S/c1-13-8-9-16(14(2)10-13)21-19(26)11-18-22-23-20(24(18)3)29-12-15-6-4-5-7-17(15)25(27)28/h4-10H,11-12H2,1-3H3,(H,21,26). The molecule has 0 aliphatic heterocycles. The molecule has 0 unspecified atom stereocenters. The van der Waals surface area contributed by atoms with Crippen LogP contribution in [0.25, 0.3) is 0 Å². The molecule has 0 saturated carbocycles. The van der Waals surface area contributed by atoms with Crippen molar-refractivity contribution >= 4 is 29.0 Å². The number of anilines is 1. The van der Waals surface area contributed by atoms with Crippen LogP contribution in [0.15, 0.2) is 47.6 Å². The fourth-order valence-corrected chi connectivity index (χ4v) is 3.80. The number of benzene rings is 2. The number of nitrogens with zero attached hydrogens (tertiary/aromatic N) is 4. The van der Waals surface area contributed by atoms with Crippen LogP contribution in [0.2, 0.25) is 0 Å². The van der Waals surface area contributed by atoms with Gasteiger partial charge < -0.3 is 9.88 Å². The molecule has 0 fully saturated rings. The summed E-state index contributed by atoms with van der Waals surface area (Å²) in [5, 5.41) is 22.9. The Hall–Kier alpha value is -3.20. The smallest absolute Gasteiger partial charge is 0.273 e. The largest absolute Gasteiger partial charge is 0.325 e. The minimum atomic E-state index is -0.393. The molecule has 1 amide bonds. The maximum absolute atomic E-state index is 12.4. The molecule has 150 valence electrons. The summed E-state index contributed by atoms with van der Waals surface area (Å²) in [6.45, 7) is 3.95. The van der Waals surface area contributed by atoms with Crippen molar-refractivity contribution in [2.75, 3.05) is 5.32 Å². The van der Waals surface area contributed by atoms with Crippen molar-refractivity contribution < 1.29 is 9.72 Å². The lowest BCUT2D eigenvalue weighted by Crippen LogP contribution is -2.17. The highest BCUT2D eigenvalue weighted by Crippen LogP contribution is 2.27. The van der Waals surface area contributed by atoms with Gasteiger partial charge in [-0.1, -0.05) is 47.7 Å². The topological polar surface area (TPSA) is 103 Å². The van der Waals surface area contributed by atoms with E-state index in [-0.39, 0.29) is 18.0 Å². The summed E-state index contributed by atoms with van der Waals surface area (Å²) < 4.78 is 1.74. The lowest BCUT2D eigenvalue weighted by atomic mass is 10.1. The highest BCUT2D eigenvalue weighted by molar-refractivity contribution is 7.98. The molecule has 3 rings (SSSR count). The molecule has 8 nitrogen and oxygen atoms in total. The minimum absolute atomic E-state index is 0.0789. The molecule has 2 aromatic carbocycles. The van der Waals surface area contributed by atoms with Crippen molar-refractivity contribution in [1.29, 1.82) is 0 Å².